The van der Waals surface area contributed by atoms with E-state index in [9.17, 15) is 4.79 Å². The number of hydrogen-bond acceptors (Lipinski definition) is 3. The quantitative estimate of drug-likeness (QED) is 0.835. The minimum absolute atomic E-state index is 0.0204. The summed E-state index contributed by atoms with van der Waals surface area (Å²) in [5, 5.41) is 0. The molecule has 0 atom stereocenters. The number of hydrogen-bond donors (Lipinski definition) is 1. The molecule has 0 aromatic heterocycles. The molecule has 4 heteroatoms. The van der Waals surface area contributed by atoms with Crippen LogP contribution in [0.1, 0.15) is 12.0 Å². The average Bonchev–Trinajstić information content (AvgIpc) is 2.28. The first kappa shape index (κ1) is 12.5. The molecule has 0 aliphatic heterocycles. The molecule has 0 bridgehead atoms. The number of nitrogens with zero attached hydrogens (tertiary/aromatic N) is 1. The van der Waals surface area contributed by atoms with Crippen molar-refractivity contribution in [1.29, 1.82) is 0 Å². The molecule has 88 valence electrons. The maximum Gasteiger partial charge on any atom is 0.227 e. The van der Waals surface area contributed by atoms with Gasteiger partial charge in [0.25, 0.3) is 0 Å². The zero-order valence-corrected chi connectivity index (χ0v) is 9.99. The van der Waals surface area contributed by atoms with Gasteiger partial charge in [0.15, 0.2) is 0 Å². The molecule has 0 aliphatic carbocycles. The third-order valence-corrected chi connectivity index (χ3v) is 2.50. The zero-order valence-electron chi connectivity index (χ0n) is 9.99. The highest BCUT2D eigenvalue weighted by molar-refractivity contribution is 5.93. The molecule has 0 saturated carbocycles. The third kappa shape index (κ3) is 2.73. The second-order valence-electron chi connectivity index (χ2n) is 3.65. The largest absolute Gasteiger partial charge is 0.496 e. The zero-order chi connectivity index (χ0) is 12.1. The van der Waals surface area contributed by atoms with Crippen molar-refractivity contribution in [3.63, 3.8) is 0 Å². The summed E-state index contributed by atoms with van der Waals surface area (Å²) in [5.41, 5.74) is 7.22. The summed E-state index contributed by atoms with van der Waals surface area (Å²) >= 11 is 0. The lowest BCUT2D eigenvalue weighted by Gasteiger charge is -2.18. The fourth-order valence-electron chi connectivity index (χ4n) is 1.51. The average molecular weight is 222 g/mol. The van der Waals surface area contributed by atoms with E-state index in [1.165, 1.54) is 0 Å². The smallest absolute Gasteiger partial charge is 0.227 e. The number of anilines is 1. The summed E-state index contributed by atoms with van der Waals surface area (Å²) in [4.78, 5) is 13.2. The molecular formula is C12H18N2O2. The Hall–Kier alpha value is -1.55. The van der Waals surface area contributed by atoms with Gasteiger partial charge < -0.3 is 15.4 Å². The number of nitrogens with two attached hydrogens (primary N) is 1. The lowest BCUT2D eigenvalue weighted by atomic mass is 10.2. The molecule has 1 aromatic rings. The second kappa shape index (κ2) is 5.51. The number of rotatable bonds is 4. The molecule has 1 amide bonds. The summed E-state index contributed by atoms with van der Waals surface area (Å²) < 4.78 is 5.16. The number of benzene rings is 1. The Morgan fingerprint density at radius 2 is 2.19 bits per heavy atom. The minimum Gasteiger partial charge on any atom is -0.496 e. The van der Waals surface area contributed by atoms with Crippen LogP contribution < -0.4 is 15.4 Å². The van der Waals surface area contributed by atoms with E-state index in [2.05, 4.69) is 0 Å². The number of carbonyl (C=O) groups is 1. The molecule has 2 N–H and O–H groups in total. The van der Waals surface area contributed by atoms with Crippen molar-refractivity contribution in [1.82, 2.24) is 0 Å². The molecule has 16 heavy (non-hydrogen) atoms. The Morgan fingerprint density at radius 1 is 1.50 bits per heavy atom. The normalized spacial score (nSPS) is 10.0. The topological polar surface area (TPSA) is 55.6 Å². The van der Waals surface area contributed by atoms with E-state index in [4.69, 9.17) is 10.5 Å². The van der Waals surface area contributed by atoms with Gasteiger partial charge in [-0.3, -0.25) is 4.79 Å². The van der Waals surface area contributed by atoms with Crippen molar-refractivity contribution < 1.29 is 9.53 Å². The van der Waals surface area contributed by atoms with Gasteiger partial charge in [-0.1, -0.05) is 0 Å². The highest BCUT2D eigenvalue weighted by Crippen LogP contribution is 2.23. The summed E-state index contributed by atoms with van der Waals surface area (Å²) in [5.74, 6) is 0.843. The first-order valence-corrected chi connectivity index (χ1v) is 5.21. The fraction of sp³-hybridized carbons (Fsp3) is 0.417. The molecule has 0 aliphatic rings. The van der Waals surface area contributed by atoms with Crippen LogP contribution in [0.25, 0.3) is 0 Å². The fourth-order valence-corrected chi connectivity index (χ4v) is 1.51. The highest BCUT2D eigenvalue weighted by atomic mass is 16.5. The maximum atomic E-state index is 11.6. The molecule has 0 saturated heterocycles. The lowest BCUT2D eigenvalue weighted by Crippen LogP contribution is -2.28. The van der Waals surface area contributed by atoms with E-state index in [1.54, 1.807) is 19.1 Å². The molecule has 0 heterocycles. The predicted molar refractivity (Wildman–Crippen MR) is 64.8 cm³/mol. The van der Waals surface area contributed by atoms with Crippen LogP contribution in [0.15, 0.2) is 18.2 Å². The Bertz CT molecular complexity index is 377. The van der Waals surface area contributed by atoms with Crippen molar-refractivity contribution in [2.24, 2.45) is 5.73 Å². The van der Waals surface area contributed by atoms with Crippen molar-refractivity contribution in [3.8, 4) is 5.75 Å². The third-order valence-electron chi connectivity index (χ3n) is 2.50. The van der Waals surface area contributed by atoms with Crippen molar-refractivity contribution in [2.45, 2.75) is 13.3 Å². The molecule has 0 spiro atoms. The summed E-state index contributed by atoms with van der Waals surface area (Å²) in [7, 11) is 3.38. The van der Waals surface area contributed by atoms with Crippen LogP contribution in [0.4, 0.5) is 5.69 Å². The van der Waals surface area contributed by atoms with Crippen LogP contribution in [0.2, 0.25) is 0 Å². The first-order valence-electron chi connectivity index (χ1n) is 5.21. The Morgan fingerprint density at radius 3 is 2.69 bits per heavy atom. The van der Waals surface area contributed by atoms with Gasteiger partial charge in [0.1, 0.15) is 5.75 Å². The van der Waals surface area contributed by atoms with Gasteiger partial charge in [0.2, 0.25) is 5.91 Å². The predicted octanol–water partition coefficient (Wildman–Crippen LogP) is 1.32. The number of carbonyl (C=O) groups excluding carboxylic acids is 1. The van der Waals surface area contributed by atoms with E-state index in [-0.39, 0.29) is 5.91 Å². The molecule has 0 unspecified atom stereocenters. The van der Waals surface area contributed by atoms with E-state index < -0.39 is 0 Å². The Balaban J connectivity index is 2.88. The maximum absolute atomic E-state index is 11.6. The molecule has 1 rings (SSSR count). The Kier molecular flexibility index (Phi) is 4.31. The number of ether oxygens (including phenoxy) is 1. The number of amides is 1. The first-order chi connectivity index (χ1) is 7.60. The van der Waals surface area contributed by atoms with Crippen LogP contribution >= 0.6 is 0 Å². The van der Waals surface area contributed by atoms with Crippen LogP contribution in [0, 0.1) is 6.92 Å². The van der Waals surface area contributed by atoms with Gasteiger partial charge in [-0.2, -0.15) is 0 Å². The second-order valence-corrected chi connectivity index (χ2v) is 3.65. The van der Waals surface area contributed by atoms with Gasteiger partial charge in [0.05, 0.1) is 7.11 Å². The van der Waals surface area contributed by atoms with Gasteiger partial charge >= 0.3 is 0 Å². The molecule has 1 aromatic carbocycles. The Labute approximate surface area is 96.0 Å². The molecule has 0 fully saturated rings. The summed E-state index contributed by atoms with van der Waals surface area (Å²) in [6.45, 7) is 2.32. The lowest BCUT2D eigenvalue weighted by molar-refractivity contribution is -0.118. The minimum atomic E-state index is 0.0204. The van der Waals surface area contributed by atoms with Crippen LogP contribution in [0.3, 0.4) is 0 Å². The summed E-state index contributed by atoms with van der Waals surface area (Å²) in [6, 6.07) is 5.64. The number of methoxy groups -OCH3 is 1. The SMILES string of the molecule is COc1ccc(N(C)C(=O)CCN)cc1C. The molecular weight excluding hydrogens is 204 g/mol. The van der Waals surface area contributed by atoms with E-state index in [0.717, 1.165) is 17.0 Å². The van der Waals surface area contributed by atoms with Gasteiger partial charge in [-0.15, -0.1) is 0 Å². The standard InChI is InChI=1S/C12H18N2O2/c1-9-8-10(4-5-11(9)16-3)14(2)12(15)6-7-13/h4-5,8H,6-7,13H2,1-3H3. The van der Waals surface area contributed by atoms with Crippen molar-refractivity contribution in [2.75, 3.05) is 25.6 Å². The van der Waals surface area contributed by atoms with Crippen molar-refractivity contribution >= 4 is 11.6 Å². The van der Waals surface area contributed by atoms with Crippen molar-refractivity contribution in [3.05, 3.63) is 23.8 Å². The van der Waals surface area contributed by atoms with Crippen LogP contribution in [-0.2, 0) is 4.79 Å². The van der Waals surface area contributed by atoms with E-state index in [1.807, 2.05) is 25.1 Å². The molecule has 0 radical (unpaired) electrons. The molecule has 4 nitrogen and oxygen atoms in total. The number of aryl methyl sites for hydroxylation is 1. The van der Waals surface area contributed by atoms with E-state index in [0.29, 0.717) is 13.0 Å². The van der Waals surface area contributed by atoms with E-state index >= 15 is 0 Å². The highest BCUT2D eigenvalue weighted by Gasteiger charge is 2.10. The van der Waals surface area contributed by atoms with Gasteiger partial charge in [-0.25, -0.2) is 0 Å². The summed E-state index contributed by atoms with van der Waals surface area (Å²) in [6.07, 6.45) is 0.363. The van der Waals surface area contributed by atoms with Gasteiger partial charge in [0, 0.05) is 25.7 Å². The van der Waals surface area contributed by atoms with Crippen LogP contribution in [-0.4, -0.2) is 26.6 Å². The van der Waals surface area contributed by atoms with Crippen LogP contribution in [0.5, 0.6) is 5.75 Å². The van der Waals surface area contributed by atoms with Gasteiger partial charge in [-0.05, 0) is 30.7 Å². The monoisotopic (exact) mass is 222 g/mol.